The summed E-state index contributed by atoms with van der Waals surface area (Å²) in [5.74, 6) is -2.41. The third kappa shape index (κ3) is 5.98. The van der Waals surface area contributed by atoms with Gasteiger partial charge in [0.15, 0.2) is 40.7 Å². The van der Waals surface area contributed by atoms with Crippen LogP contribution in [0.5, 0.6) is 28.7 Å². The number of hydrogen-bond acceptors (Lipinski definition) is 17. The molecule has 0 amide bonds. The highest BCUT2D eigenvalue weighted by Gasteiger charge is 2.51. The van der Waals surface area contributed by atoms with Crippen molar-refractivity contribution in [1.82, 2.24) is 0 Å². The van der Waals surface area contributed by atoms with E-state index in [0.29, 0.717) is 0 Å². The summed E-state index contributed by atoms with van der Waals surface area (Å²) in [6, 6.07) is 5.94. The van der Waals surface area contributed by atoms with Gasteiger partial charge in [-0.05, 0) is 18.2 Å². The normalized spacial score (nSPS) is 32.0. The average molecular weight is 641 g/mol. The Hall–Kier alpha value is -3.75. The number of hydrogen-bond donors (Lipinski definition) is 10. The van der Waals surface area contributed by atoms with Gasteiger partial charge < -0.3 is 79.2 Å². The Morgan fingerprint density at radius 1 is 0.756 bits per heavy atom. The summed E-state index contributed by atoms with van der Waals surface area (Å²) in [6.07, 6.45) is -17.6. The quantitative estimate of drug-likeness (QED) is 0.115. The van der Waals surface area contributed by atoms with Crippen molar-refractivity contribution in [3.63, 3.8) is 0 Å². The van der Waals surface area contributed by atoms with E-state index in [1.807, 2.05) is 0 Å². The zero-order chi connectivity index (χ0) is 32.7. The molecule has 1 aromatic heterocycles. The second kappa shape index (κ2) is 12.9. The lowest BCUT2D eigenvalue weighted by Crippen LogP contribution is -2.65. The van der Waals surface area contributed by atoms with E-state index in [-0.39, 0.29) is 22.8 Å². The molecular weight excluding hydrogens is 608 g/mol. The van der Waals surface area contributed by atoms with Crippen LogP contribution in [0.25, 0.3) is 22.3 Å². The van der Waals surface area contributed by atoms with Crippen LogP contribution in [0.4, 0.5) is 0 Å². The number of benzene rings is 2. The maximum absolute atomic E-state index is 12.9. The van der Waals surface area contributed by atoms with Gasteiger partial charge in [0.1, 0.15) is 59.6 Å². The summed E-state index contributed by atoms with van der Waals surface area (Å²) >= 11 is 0. The maximum Gasteiger partial charge on any atom is 0.229 e. The van der Waals surface area contributed by atoms with E-state index in [1.165, 1.54) is 25.3 Å². The van der Waals surface area contributed by atoms with E-state index in [1.54, 1.807) is 0 Å². The maximum atomic E-state index is 12.9. The first kappa shape index (κ1) is 32.6. The standard InChI is InChI=1S/C28H32O17/c1-40-13-3-2-9(4-10(13)31)14-5-11(32)18-12(33)6-15(21(36)25(18)41-14)42-28-26(23(38)20(35)17(8-30)44-28)45-27-24(39)22(37)19(34)16(7-29)43-27/h2-6,16-17,19-20,22-24,26-31,33-39H,7-8H2,1H3. The van der Waals surface area contributed by atoms with Crippen molar-refractivity contribution in [1.29, 1.82) is 0 Å². The van der Waals surface area contributed by atoms with E-state index >= 15 is 0 Å². The number of ether oxygens (including phenoxy) is 5. The van der Waals surface area contributed by atoms with Crippen LogP contribution in [0.2, 0.25) is 0 Å². The molecule has 10 atom stereocenters. The van der Waals surface area contributed by atoms with Crippen LogP contribution < -0.4 is 14.9 Å². The van der Waals surface area contributed by atoms with Crippen LogP contribution in [0, 0.1) is 0 Å². The number of aliphatic hydroxyl groups excluding tert-OH is 7. The second-order valence-electron chi connectivity index (χ2n) is 10.4. The van der Waals surface area contributed by atoms with Crippen molar-refractivity contribution in [2.24, 2.45) is 0 Å². The van der Waals surface area contributed by atoms with Gasteiger partial charge in [-0.3, -0.25) is 4.79 Å². The van der Waals surface area contributed by atoms with Gasteiger partial charge in [0.25, 0.3) is 0 Å². The number of rotatable bonds is 8. The molecule has 246 valence electrons. The van der Waals surface area contributed by atoms with E-state index in [2.05, 4.69) is 0 Å². The molecule has 5 rings (SSSR count). The van der Waals surface area contributed by atoms with Crippen molar-refractivity contribution < 1.29 is 79.2 Å². The zero-order valence-electron chi connectivity index (χ0n) is 23.4. The second-order valence-corrected chi connectivity index (χ2v) is 10.4. The van der Waals surface area contributed by atoms with Gasteiger partial charge in [0.05, 0.1) is 20.3 Å². The molecule has 10 unspecified atom stereocenters. The van der Waals surface area contributed by atoms with Crippen molar-refractivity contribution >= 4 is 11.0 Å². The molecule has 2 saturated heterocycles. The fourth-order valence-electron chi connectivity index (χ4n) is 5.11. The molecule has 0 bridgehead atoms. The Balaban J connectivity index is 1.52. The summed E-state index contributed by atoms with van der Waals surface area (Å²) in [7, 11) is 1.34. The van der Waals surface area contributed by atoms with Crippen molar-refractivity contribution in [3.8, 4) is 40.1 Å². The van der Waals surface area contributed by atoms with Crippen LogP contribution >= 0.6 is 0 Å². The summed E-state index contributed by atoms with van der Waals surface area (Å²) in [6.45, 7) is -1.62. The molecule has 3 heterocycles. The third-order valence-corrected chi connectivity index (χ3v) is 7.59. The summed E-state index contributed by atoms with van der Waals surface area (Å²) in [4.78, 5) is 12.9. The number of phenols is 3. The largest absolute Gasteiger partial charge is 0.507 e. The van der Waals surface area contributed by atoms with Gasteiger partial charge in [0, 0.05) is 17.7 Å². The molecule has 0 aliphatic carbocycles. The molecular formula is C28H32O17. The van der Waals surface area contributed by atoms with Gasteiger partial charge in [-0.1, -0.05) is 0 Å². The highest BCUT2D eigenvalue weighted by atomic mass is 16.8. The van der Waals surface area contributed by atoms with E-state index in [4.69, 9.17) is 28.1 Å². The molecule has 0 spiro atoms. The zero-order valence-corrected chi connectivity index (χ0v) is 23.4. The van der Waals surface area contributed by atoms with Gasteiger partial charge in [-0.15, -0.1) is 0 Å². The average Bonchev–Trinajstić information content (AvgIpc) is 3.02. The Kier molecular flexibility index (Phi) is 9.38. The molecule has 2 aromatic carbocycles. The van der Waals surface area contributed by atoms with Crippen molar-refractivity contribution in [2.45, 2.75) is 61.4 Å². The number of fused-ring (bicyclic) bond motifs is 1. The third-order valence-electron chi connectivity index (χ3n) is 7.59. The lowest BCUT2D eigenvalue weighted by Gasteiger charge is -2.45. The molecule has 0 saturated carbocycles. The Labute approximate surface area is 252 Å². The Bertz CT molecular complexity index is 1570. The minimum Gasteiger partial charge on any atom is -0.507 e. The first-order valence-corrected chi connectivity index (χ1v) is 13.5. The molecule has 17 nitrogen and oxygen atoms in total. The predicted octanol–water partition coefficient (Wildman–Crippen LogP) is -2.41. The summed E-state index contributed by atoms with van der Waals surface area (Å²) in [5, 5.41) is 103. The SMILES string of the molecule is COc1ccc(-c2cc(=O)c3c(O)cc(OC4OC(CO)C(O)C(O)C4OC4OC(CO)C(O)C(O)C4O)c(O)c3o2)cc1O. The monoisotopic (exact) mass is 640 g/mol. The van der Waals surface area contributed by atoms with Crippen LogP contribution in [-0.4, -0.2) is 133 Å². The molecule has 17 heteroatoms. The first-order chi connectivity index (χ1) is 21.4. The number of aromatic hydroxyl groups is 3. The number of phenolic OH excluding ortho intramolecular Hbond substituents is 3. The van der Waals surface area contributed by atoms with Gasteiger partial charge >= 0.3 is 0 Å². The number of aliphatic hydroxyl groups is 7. The van der Waals surface area contributed by atoms with Crippen LogP contribution in [0.1, 0.15) is 0 Å². The van der Waals surface area contributed by atoms with Gasteiger partial charge in [0.2, 0.25) is 12.0 Å². The topological polar surface area (TPSA) is 279 Å². The van der Waals surface area contributed by atoms with Gasteiger partial charge in [-0.25, -0.2) is 0 Å². The molecule has 3 aromatic rings. The molecule has 45 heavy (non-hydrogen) atoms. The Morgan fingerprint density at radius 2 is 1.40 bits per heavy atom. The lowest BCUT2D eigenvalue weighted by molar-refractivity contribution is -0.358. The summed E-state index contributed by atoms with van der Waals surface area (Å²) < 4.78 is 32.9. The first-order valence-electron chi connectivity index (χ1n) is 13.5. The van der Waals surface area contributed by atoms with Gasteiger partial charge in [-0.2, -0.15) is 0 Å². The van der Waals surface area contributed by atoms with E-state index in [9.17, 15) is 55.9 Å². The minimum absolute atomic E-state index is 0.131. The minimum atomic E-state index is -1.92. The molecule has 2 aliphatic rings. The van der Waals surface area contributed by atoms with Crippen molar-refractivity contribution in [2.75, 3.05) is 20.3 Å². The predicted molar refractivity (Wildman–Crippen MR) is 146 cm³/mol. The molecule has 2 aliphatic heterocycles. The highest BCUT2D eigenvalue weighted by molar-refractivity contribution is 5.91. The summed E-state index contributed by atoms with van der Waals surface area (Å²) in [5.41, 5.74) is -1.13. The Morgan fingerprint density at radius 3 is 2.02 bits per heavy atom. The molecule has 0 radical (unpaired) electrons. The number of methoxy groups -OCH3 is 1. The van der Waals surface area contributed by atoms with Crippen molar-refractivity contribution in [3.05, 3.63) is 40.6 Å². The van der Waals surface area contributed by atoms with E-state index in [0.717, 1.165) is 12.1 Å². The van der Waals surface area contributed by atoms with E-state index < -0.39 is 108 Å². The highest BCUT2D eigenvalue weighted by Crippen LogP contribution is 2.42. The van der Waals surface area contributed by atoms with Crippen LogP contribution in [0.3, 0.4) is 0 Å². The smallest absolute Gasteiger partial charge is 0.229 e. The van der Waals surface area contributed by atoms with Crippen LogP contribution in [-0.2, 0) is 14.2 Å². The fourth-order valence-corrected chi connectivity index (χ4v) is 5.11. The van der Waals surface area contributed by atoms with Crippen LogP contribution in [0.15, 0.2) is 39.5 Å². The molecule has 10 N–H and O–H groups in total. The fraction of sp³-hybridized carbons (Fsp3) is 0.464. The molecule has 2 fully saturated rings. The lowest BCUT2D eigenvalue weighted by atomic mass is 9.97.